The summed E-state index contributed by atoms with van der Waals surface area (Å²) in [6.07, 6.45) is 4.70. The van der Waals surface area contributed by atoms with Crippen LogP contribution in [0.1, 0.15) is 55.2 Å². The van der Waals surface area contributed by atoms with Gasteiger partial charge in [-0.3, -0.25) is 5.10 Å². The predicted octanol–water partition coefficient (Wildman–Crippen LogP) is 5.42. The summed E-state index contributed by atoms with van der Waals surface area (Å²) < 4.78 is 41.6. The van der Waals surface area contributed by atoms with Gasteiger partial charge in [-0.25, -0.2) is 13.6 Å². The number of aliphatic carboxylic acids is 1. The SMILES string of the molecule is CO[C@@]1(C(=O)O)CC[C@@H](c2c(C3CCOCC3)n(-c3ccc(F)c(F)c3)c3cc4cn[nH]c4cc23)C1. The van der Waals surface area contributed by atoms with Crippen LogP contribution in [0.25, 0.3) is 27.5 Å². The summed E-state index contributed by atoms with van der Waals surface area (Å²) >= 11 is 0. The topological polar surface area (TPSA) is 89.4 Å². The maximum Gasteiger partial charge on any atom is 0.335 e. The van der Waals surface area contributed by atoms with Gasteiger partial charge < -0.3 is 19.1 Å². The summed E-state index contributed by atoms with van der Waals surface area (Å²) in [5.41, 5.74) is 3.08. The normalized spacial score (nSPS) is 23.1. The highest BCUT2D eigenvalue weighted by Gasteiger charge is 2.48. The second-order valence-corrected chi connectivity index (χ2v) is 9.89. The Labute approximate surface area is 206 Å². The summed E-state index contributed by atoms with van der Waals surface area (Å²) in [4.78, 5) is 12.2. The molecular formula is C27H27F2N3O4. The fraction of sp³-hybridized carbons (Fsp3) is 0.407. The number of carboxylic acid groups (broad SMARTS) is 1. The second-order valence-electron chi connectivity index (χ2n) is 9.89. The molecule has 2 aromatic carbocycles. The van der Waals surface area contributed by atoms with Crippen molar-refractivity contribution in [3.63, 3.8) is 0 Å². The van der Waals surface area contributed by atoms with E-state index in [1.807, 2.05) is 16.7 Å². The largest absolute Gasteiger partial charge is 0.479 e. The van der Waals surface area contributed by atoms with Crippen molar-refractivity contribution in [3.05, 3.63) is 59.4 Å². The summed E-state index contributed by atoms with van der Waals surface area (Å²) in [7, 11) is 1.45. The molecule has 3 heterocycles. The number of aromatic amines is 1. The van der Waals surface area contributed by atoms with Crippen LogP contribution in [0, 0.1) is 11.6 Å². The number of ether oxygens (including phenoxy) is 2. The van der Waals surface area contributed by atoms with Crippen LogP contribution in [0.5, 0.6) is 0 Å². The minimum absolute atomic E-state index is 0.0756. The molecular weight excluding hydrogens is 468 g/mol. The molecule has 1 aliphatic carbocycles. The van der Waals surface area contributed by atoms with Crippen LogP contribution >= 0.6 is 0 Å². The maximum absolute atomic E-state index is 14.5. The molecule has 2 N–H and O–H groups in total. The highest BCUT2D eigenvalue weighted by Crippen LogP contribution is 2.50. The molecule has 9 heteroatoms. The van der Waals surface area contributed by atoms with E-state index in [1.165, 1.54) is 13.2 Å². The molecule has 6 rings (SSSR count). The number of hydrogen-bond donors (Lipinski definition) is 2. The van der Waals surface area contributed by atoms with Gasteiger partial charge in [0, 0.05) is 54.5 Å². The predicted molar refractivity (Wildman–Crippen MR) is 130 cm³/mol. The third-order valence-electron chi connectivity index (χ3n) is 8.04. The number of hydrogen-bond acceptors (Lipinski definition) is 4. The Hall–Kier alpha value is -3.30. The molecule has 7 nitrogen and oxygen atoms in total. The first-order valence-electron chi connectivity index (χ1n) is 12.2. The number of fused-ring (bicyclic) bond motifs is 2. The van der Waals surface area contributed by atoms with Gasteiger partial charge in [-0.2, -0.15) is 5.10 Å². The molecule has 188 valence electrons. The number of carbonyl (C=O) groups is 1. The van der Waals surface area contributed by atoms with E-state index in [1.54, 1.807) is 12.3 Å². The zero-order valence-electron chi connectivity index (χ0n) is 19.9. The Morgan fingerprint density at radius 1 is 1.17 bits per heavy atom. The van der Waals surface area contributed by atoms with Crippen molar-refractivity contribution < 1.29 is 28.2 Å². The van der Waals surface area contributed by atoms with E-state index >= 15 is 0 Å². The van der Waals surface area contributed by atoms with Gasteiger partial charge in [0.1, 0.15) is 0 Å². The van der Waals surface area contributed by atoms with E-state index < -0.39 is 23.2 Å². The number of carboxylic acids is 1. The number of aromatic nitrogens is 3. The molecule has 2 atom stereocenters. The van der Waals surface area contributed by atoms with Crippen LogP contribution < -0.4 is 0 Å². The van der Waals surface area contributed by atoms with Gasteiger partial charge in [0.25, 0.3) is 0 Å². The number of nitrogens with one attached hydrogen (secondary N) is 1. The molecule has 0 amide bonds. The van der Waals surface area contributed by atoms with Crippen LogP contribution in [0.4, 0.5) is 8.78 Å². The second kappa shape index (κ2) is 8.67. The molecule has 2 aromatic heterocycles. The number of methoxy groups -OCH3 is 1. The van der Waals surface area contributed by atoms with Gasteiger partial charge >= 0.3 is 5.97 Å². The molecule has 0 radical (unpaired) electrons. The third kappa shape index (κ3) is 3.52. The first-order valence-corrected chi connectivity index (χ1v) is 12.2. The van der Waals surface area contributed by atoms with E-state index in [2.05, 4.69) is 10.2 Å². The van der Waals surface area contributed by atoms with E-state index in [4.69, 9.17) is 9.47 Å². The first kappa shape index (κ1) is 23.1. The van der Waals surface area contributed by atoms with E-state index in [9.17, 15) is 18.7 Å². The van der Waals surface area contributed by atoms with Crippen molar-refractivity contribution in [3.8, 4) is 5.69 Å². The zero-order chi connectivity index (χ0) is 25.0. The van der Waals surface area contributed by atoms with Crippen molar-refractivity contribution in [1.82, 2.24) is 14.8 Å². The number of H-pyrrole nitrogens is 1. The lowest BCUT2D eigenvalue weighted by Gasteiger charge is -2.27. The summed E-state index contributed by atoms with van der Waals surface area (Å²) in [6.45, 7) is 1.21. The van der Waals surface area contributed by atoms with Crippen LogP contribution in [0.15, 0.2) is 36.5 Å². The third-order valence-corrected chi connectivity index (χ3v) is 8.04. The van der Waals surface area contributed by atoms with Gasteiger partial charge in [-0.05, 0) is 67.9 Å². The molecule has 1 aliphatic heterocycles. The Kier molecular flexibility index (Phi) is 5.57. The minimum atomic E-state index is -1.24. The summed E-state index contributed by atoms with van der Waals surface area (Å²) in [5.74, 6) is -2.73. The van der Waals surface area contributed by atoms with Gasteiger partial charge in [-0.1, -0.05) is 0 Å². The van der Waals surface area contributed by atoms with Crippen molar-refractivity contribution in [2.75, 3.05) is 20.3 Å². The zero-order valence-corrected chi connectivity index (χ0v) is 19.9. The van der Waals surface area contributed by atoms with Gasteiger partial charge in [0.2, 0.25) is 0 Å². The van der Waals surface area contributed by atoms with E-state index in [0.29, 0.717) is 38.2 Å². The molecule has 1 saturated carbocycles. The average molecular weight is 496 g/mol. The van der Waals surface area contributed by atoms with Gasteiger partial charge in [-0.15, -0.1) is 0 Å². The molecule has 0 unspecified atom stereocenters. The summed E-state index contributed by atoms with van der Waals surface area (Å²) in [5, 5.41) is 19.0. The Bertz CT molecular complexity index is 1470. The van der Waals surface area contributed by atoms with Crippen LogP contribution in [0.3, 0.4) is 0 Å². The van der Waals surface area contributed by atoms with Gasteiger partial charge in [0.15, 0.2) is 17.2 Å². The van der Waals surface area contributed by atoms with Crippen molar-refractivity contribution in [2.45, 2.75) is 49.5 Å². The number of benzene rings is 2. The number of nitrogens with zero attached hydrogens (tertiary/aromatic N) is 2. The summed E-state index contributed by atoms with van der Waals surface area (Å²) in [6, 6.07) is 8.02. The van der Waals surface area contributed by atoms with Crippen molar-refractivity contribution in [1.29, 1.82) is 0 Å². The standard InChI is InChI=1S/C27H27F2N3O4/c1-35-27(26(33)34)7-4-16(13-27)24-19-12-22-17(14-30-31-22)10-23(19)32(18-2-3-20(28)21(29)11-18)25(24)15-5-8-36-9-6-15/h2-3,10-12,14-16H,4-9,13H2,1H3,(H,30,31)(H,33,34)/t16-,27+/m1/s1. The molecule has 0 bridgehead atoms. The van der Waals surface area contributed by atoms with Crippen molar-refractivity contribution in [2.24, 2.45) is 0 Å². The highest BCUT2D eigenvalue weighted by atomic mass is 19.2. The Morgan fingerprint density at radius 3 is 2.67 bits per heavy atom. The fourth-order valence-corrected chi connectivity index (χ4v) is 6.20. The highest BCUT2D eigenvalue weighted by molar-refractivity contribution is 5.99. The number of halogens is 2. The molecule has 1 saturated heterocycles. The van der Waals surface area contributed by atoms with E-state index in [0.717, 1.165) is 52.0 Å². The lowest BCUT2D eigenvalue weighted by atomic mass is 9.85. The van der Waals surface area contributed by atoms with E-state index in [-0.39, 0.29) is 11.8 Å². The molecule has 0 spiro atoms. The van der Waals surface area contributed by atoms with Gasteiger partial charge in [0.05, 0.1) is 17.2 Å². The number of rotatable bonds is 5. The smallest absolute Gasteiger partial charge is 0.335 e. The lowest BCUT2D eigenvalue weighted by Crippen LogP contribution is -2.37. The van der Waals surface area contributed by atoms with Crippen LogP contribution in [0.2, 0.25) is 0 Å². The minimum Gasteiger partial charge on any atom is -0.479 e. The molecule has 2 fully saturated rings. The average Bonchev–Trinajstić information content (AvgIpc) is 3.60. The van der Waals surface area contributed by atoms with Crippen LogP contribution in [-0.4, -0.2) is 51.8 Å². The first-order chi connectivity index (χ1) is 17.4. The quantitative estimate of drug-likeness (QED) is 0.386. The maximum atomic E-state index is 14.5. The Morgan fingerprint density at radius 2 is 1.97 bits per heavy atom. The molecule has 36 heavy (non-hydrogen) atoms. The lowest BCUT2D eigenvalue weighted by molar-refractivity contribution is -0.161. The molecule has 2 aliphatic rings. The fourth-order valence-electron chi connectivity index (χ4n) is 6.20. The molecule has 4 aromatic rings. The van der Waals surface area contributed by atoms with Crippen LogP contribution in [-0.2, 0) is 14.3 Å². The Balaban J connectivity index is 1.66. The monoisotopic (exact) mass is 495 g/mol. The van der Waals surface area contributed by atoms with Crippen molar-refractivity contribution >= 4 is 27.8 Å².